The van der Waals surface area contributed by atoms with E-state index in [4.69, 9.17) is 0 Å². The SMILES string of the molecule is CC(=O)N(CCC(=O)NCCc1ccccc1)c1ccccc1. The van der Waals surface area contributed by atoms with Crippen LogP contribution in [0.25, 0.3) is 0 Å². The minimum atomic E-state index is -0.0618. The Balaban J connectivity index is 1.77. The van der Waals surface area contributed by atoms with E-state index in [1.165, 1.54) is 12.5 Å². The number of rotatable bonds is 7. The molecule has 2 amide bonds. The van der Waals surface area contributed by atoms with Crippen LogP contribution in [-0.2, 0) is 16.0 Å². The van der Waals surface area contributed by atoms with Crippen molar-refractivity contribution < 1.29 is 9.59 Å². The topological polar surface area (TPSA) is 49.4 Å². The highest BCUT2D eigenvalue weighted by Gasteiger charge is 2.12. The van der Waals surface area contributed by atoms with Crippen molar-refractivity contribution in [2.75, 3.05) is 18.0 Å². The zero-order valence-electron chi connectivity index (χ0n) is 13.4. The molecule has 2 aromatic carbocycles. The third-order valence-electron chi connectivity index (χ3n) is 3.59. The van der Waals surface area contributed by atoms with E-state index in [1.807, 2.05) is 60.7 Å². The van der Waals surface area contributed by atoms with Crippen molar-refractivity contribution in [2.45, 2.75) is 19.8 Å². The Morgan fingerprint density at radius 2 is 1.57 bits per heavy atom. The van der Waals surface area contributed by atoms with Gasteiger partial charge in [-0.1, -0.05) is 48.5 Å². The fraction of sp³-hybridized carbons (Fsp3) is 0.263. The Labute approximate surface area is 137 Å². The van der Waals surface area contributed by atoms with Gasteiger partial charge in [-0.2, -0.15) is 0 Å². The molecule has 0 atom stereocenters. The lowest BCUT2D eigenvalue weighted by Crippen LogP contribution is -2.34. The molecule has 0 aliphatic heterocycles. The van der Waals surface area contributed by atoms with Gasteiger partial charge >= 0.3 is 0 Å². The van der Waals surface area contributed by atoms with Gasteiger partial charge < -0.3 is 10.2 Å². The van der Waals surface area contributed by atoms with Gasteiger partial charge in [0.25, 0.3) is 0 Å². The molecule has 0 fully saturated rings. The van der Waals surface area contributed by atoms with Gasteiger partial charge in [-0.15, -0.1) is 0 Å². The van der Waals surface area contributed by atoms with Gasteiger partial charge in [-0.05, 0) is 24.1 Å². The molecule has 0 aliphatic carbocycles. The van der Waals surface area contributed by atoms with Crippen LogP contribution < -0.4 is 10.2 Å². The van der Waals surface area contributed by atoms with Gasteiger partial charge in [-0.3, -0.25) is 9.59 Å². The zero-order valence-corrected chi connectivity index (χ0v) is 13.4. The van der Waals surface area contributed by atoms with Gasteiger partial charge in [0.15, 0.2) is 0 Å². The van der Waals surface area contributed by atoms with E-state index in [9.17, 15) is 9.59 Å². The van der Waals surface area contributed by atoms with Crippen LogP contribution >= 0.6 is 0 Å². The molecule has 0 saturated carbocycles. The maximum atomic E-state index is 11.9. The molecule has 0 unspecified atom stereocenters. The quantitative estimate of drug-likeness (QED) is 0.855. The average Bonchev–Trinajstić information content (AvgIpc) is 2.57. The Bertz CT molecular complexity index is 626. The number of hydrogen-bond donors (Lipinski definition) is 1. The largest absolute Gasteiger partial charge is 0.356 e. The maximum absolute atomic E-state index is 11.9. The normalized spacial score (nSPS) is 10.1. The molecular weight excluding hydrogens is 288 g/mol. The number of amides is 2. The lowest BCUT2D eigenvalue weighted by atomic mass is 10.1. The summed E-state index contributed by atoms with van der Waals surface area (Å²) in [4.78, 5) is 25.3. The van der Waals surface area contributed by atoms with Gasteiger partial charge in [0, 0.05) is 32.1 Å². The molecule has 2 aromatic rings. The summed E-state index contributed by atoms with van der Waals surface area (Å²) in [6.07, 6.45) is 1.10. The molecule has 0 saturated heterocycles. The van der Waals surface area contributed by atoms with Gasteiger partial charge in [0.1, 0.15) is 0 Å². The first-order valence-corrected chi connectivity index (χ1v) is 7.80. The predicted molar refractivity (Wildman–Crippen MR) is 92.2 cm³/mol. The van der Waals surface area contributed by atoms with E-state index in [-0.39, 0.29) is 11.8 Å². The van der Waals surface area contributed by atoms with Crippen LogP contribution in [0.5, 0.6) is 0 Å². The molecule has 23 heavy (non-hydrogen) atoms. The third kappa shape index (κ3) is 5.58. The van der Waals surface area contributed by atoms with Crippen LogP contribution in [0.15, 0.2) is 60.7 Å². The molecular formula is C19H22N2O2. The molecule has 120 valence electrons. The van der Waals surface area contributed by atoms with Gasteiger partial charge in [0.2, 0.25) is 11.8 Å². The molecule has 4 nitrogen and oxygen atoms in total. The molecule has 0 heterocycles. The van der Waals surface area contributed by atoms with Crippen molar-refractivity contribution in [1.29, 1.82) is 0 Å². The van der Waals surface area contributed by atoms with Crippen molar-refractivity contribution in [1.82, 2.24) is 5.32 Å². The van der Waals surface area contributed by atoms with Crippen molar-refractivity contribution in [3.63, 3.8) is 0 Å². The van der Waals surface area contributed by atoms with Gasteiger partial charge in [-0.25, -0.2) is 0 Å². The summed E-state index contributed by atoms with van der Waals surface area (Å²) in [5.74, 6) is -0.101. The van der Waals surface area contributed by atoms with E-state index in [0.717, 1.165) is 12.1 Å². The molecule has 2 rings (SSSR count). The fourth-order valence-electron chi connectivity index (χ4n) is 2.37. The molecule has 1 N–H and O–H groups in total. The van der Waals surface area contributed by atoms with Gasteiger partial charge in [0.05, 0.1) is 0 Å². The molecule has 0 radical (unpaired) electrons. The summed E-state index contributed by atoms with van der Waals surface area (Å²) in [5.41, 5.74) is 2.01. The highest BCUT2D eigenvalue weighted by molar-refractivity contribution is 5.92. The van der Waals surface area contributed by atoms with Crippen LogP contribution in [0, 0.1) is 0 Å². The number of carbonyl (C=O) groups is 2. The fourth-order valence-corrected chi connectivity index (χ4v) is 2.37. The zero-order chi connectivity index (χ0) is 16.5. The first-order chi connectivity index (χ1) is 11.2. The average molecular weight is 310 g/mol. The summed E-state index contributed by atoms with van der Waals surface area (Å²) in [5, 5.41) is 2.90. The predicted octanol–water partition coefficient (Wildman–Crippen LogP) is 2.79. The van der Waals surface area contributed by atoms with Crippen LogP contribution in [0.2, 0.25) is 0 Å². The third-order valence-corrected chi connectivity index (χ3v) is 3.59. The lowest BCUT2D eigenvalue weighted by Gasteiger charge is -2.20. The van der Waals surface area contributed by atoms with Crippen LogP contribution in [0.3, 0.4) is 0 Å². The Morgan fingerprint density at radius 3 is 2.17 bits per heavy atom. The monoisotopic (exact) mass is 310 g/mol. The number of carbonyl (C=O) groups excluding carboxylic acids is 2. The summed E-state index contributed by atoms with van der Waals surface area (Å²) < 4.78 is 0. The molecule has 0 aromatic heterocycles. The van der Waals surface area contributed by atoms with Crippen molar-refractivity contribution in [3.05, 3.63) is 66.2 Å². The number of hydrogen-bond acceptors (Lipinski definition) is 2. The van der Waals surface area contributed by atoms with E-state index in [1.54, 1.807) is 4.90 Å². The summed E-state index contributed by atoms with van der Waals surface area (Å²) >= 11 is 0. The van der Waals surface area contributed by atoms with Crippen molar-refractivity contribution >= 4 is 17.5 Å². The first kappa shape index (κ1) is 16.7. The van der Waals surface area contributed by atoms with Crippen molar-refractivity contribution in [2.24, 2.45) is 0 Å². The lowest BCUT2D eigenvalue weighted by molar-refractivity contribution is -0.121. The number of nitrogens with zero attached hydrogens (tertiary/aromatic N) is 1. The first-order valence-electron chi connectivity index (χ1n) is 7.80. The number of nitrogens with one attached hydrogen (secondary N) is 1. The molecule has 4 heteroatoms. The maximum Gasteiger partial charge on any atom is 0.223 e. The highest BCUT2D eigenvalue weighted by atomic mass is 16.2. The number of benzene rings is 2. The molecule has 0 bridgehead atoms. The van der Waals surface area contributed by atoms with Crippen molar-refractivity contribution in [3.8, 4) is 0 Å². The second-order valence-electron chi connectivity index (χ2n) is 5.34. The summed E-state index contributed by atoms with van der Waals surface area (Å²) in [6, 6.07) is 19.4. The Kier molecular flexibility index (Phi) is 6.36. The second kappa shape index (κ2) is 8.73. The molecule has 0 spiro atoms. The van der Waals surface area contributed by atoms with E-state index >= 15 is 0 Å². The Morgan fingerprint density at radius 1 is 0.957 bits per heavy atom. The summed E-state index contributed by atoms with van der Waals surface area (Å²) in [6.45, 7) is 2.51. The number of anilines is 1. The standard InChI is InChI=1S/C19H22N2O2/c1-16(22)21(18-10-6-3-7-11-18)15-13-19(23)20-14-12-17-8-4-2-5-9-17/h2-11H,12-15H2,1H3,(H,20,23). The minimum Gasteiger partial charge on any atom is -0.356 e. The Hall–Kier alpha value is -2.62. The summed E-state index contributed by atoms with van der Waals surface area (Å²) in [7, 11) is 0. The van der Waals surface area contributed by atoms with E-state index < -0.39 is 0 Å². The van der Waals surface area contributed by atoms with Crippen LogP contribution in [-0.4, -0.2) is 24.9 Å². The highest BCUT2D eigenvalue weighted by Crippen LogP contribution is 2.13. The minimum absolute atomic E-state index is 0.0388. The van der Waals surface area contributed by atoms with Crippen LogP contribution in [0.1, 0.15) is 18.9 Å². The molecule has 0 aliphatic rings. The number of para-hydroxylation sites is 1. The van der Waals surface area contributed by atoms with Crippen LogP contribution in [0.4, 0.5) is 5.69 Å². The van der Waals surface area contributed by atoms with E-state index in [2.05, 4.69) is 5.32 Å². The van der Waals surface area contributed by atoms with E-state index in [0.29, 0.717) is 19.5 Å². The smallest absolute Gasteiger partial charge is 0.223 e. The second-order valence-corrected chi connectivity index (χ2v) is 5.34.